The number of aromatic nitrogens is 2. The minimum Gasteiger partial charge on any atom is -0.508 e. The first-order valence-corrected chi connectivity index (χ1v) is 6.63. The van der Waals surface area contributed by atoms with Gasteiger partial charge in [-0.15, -0.1) is 0 Å². The molecule has 0 aliphatic carbocycles. The zero-order valence-corrected chi connectivity index (χ0v) is 11.7. The van der Waals surface area contributed by atoms with E-state index in [2.05, 4.69) is 10.1 Å². The van der Waals surface area contributed by atoms with Gasteiger partial charge in [-0.3, -0.25) is 4.79 Å². The van der Waals surface area contributed by atoms with E-state index in [1.54, 1.807) is 42.5 Å². The second kappa shape index (κ2) is 5.34. The van der Waals surface area contributed by atoms with E-state index in [9.17, 15) is 9.90 Å². The lowest BCUT2D eigenvalue weighted by Crippen LogP contribution is -2.18. The first-order chi connectivity index (χ1) is 10.1. The molecule has 3 rings (SSSR count). The molecule has 104 valence electrons. The number of benzene rings is 2. The van der Waals surface area contributed by atoms with Crippen molar-refractivity contribution in [3.8, 4) is 5.75 Å². The minimum absolute atomic E-state index is 0.134. The normalized spacial score (nSPS) is 11.2. The van der Waals surface area contributed by atoms with Gasteiger partial charge in [0, 0.05) is 0 Å². The molecule has 0 amide bonds. The Kier molecular flexibility index (Phi) is 3.37. The molecular formula is C15H11N3O2S. The number of aromatic hydroxyl groups is 1. The van der Waals surface area contributed by atoms with Crippen molar-refractivity contribution >= 4 is 29.3 Å². The van der Waals surface area contributed by atoms with E-state index >= 15 is 0 Å². The molecule has 0 aliphatic heterocycles. The molecule has 2 N–H and O–H groups in total. The Morgan fingerprint density at radius 2 is 2.00 bits per heavy atom. The van der Waals surface area contributed by atoms with Crippen molar-refractivity contribution in [1.29, 1.82) is 0 Å². The summed E-state index contributed by atoms with van der Waals surface area (Å²) in [6, 6.07) is 13.7. The van der Waals surface area contributed by atoms with Gasteiger partial charge in [-0.1, -0.05) is 24.3 Å². The molecule has 21 heavy (non-hydrogen) atoms. The Hall–Kier alpha value is -2.73. The number of nitrogens with zero attached hydrogens (tertiary/aromatic N) is 2. The van der Waals surface area contributed by atoms with Crippen LogP contribution in [0.1, 0.15) is 5.56 Å². The van der Waals surface area contributed by atoms with E-state index < -0.39 is 0 Å². The molecular weight excluding hydrogens is 286 g/mol. The Morgan fingerprint density at radius 3 is 2.81 bits per heavy atom. The van der Waals surface area contributed by atoms with E-state index in [4.69, 9.17) is 12.2 Å². The van der Waals surface area contributed by atoms with E-state index in [0.29, 0.717) is 16.5 Å². The van der Waals surface area contributed by atoms with Gasteiger partial charge >= 0.3 is 0 Å². The van der Waals surface area contributed by atoms with Crippen LogP contribution in [0.5, 0.6) is 5.75 Å². The van der Waals surface area contributed by atoms with Gasteiger partial charge in [0.1, 0.15) is 5.75 Å². The predicted octanol–water partition coefficient (Wildman–Crippen LogP) is 2.65. The van der Waals surface area contributed by atoms with Gasteiger partial charge < -0.3 is 10.1 Å². The van der Waals surface area contributed by atoms with Crippen molar-refractivity contribution in [2.45, 2.75) is 0 Å². The molecule has 0 atom stereocenters. The standard InChI is InChI=1S/C15H11N3O2S/c19-11-5-3-4-10(8-11)9-16-18-14(20)12-6-1-2-7-13(12)17-15(18)21/h1-9,19H,(H,17,21)/b16-9+. The number of hydrogen-bond acceptors (Lipinski definition) is 4. The molecule has 0 fully saturated rings. The molecule has 1 aromatic heterocycles. The van der Waals surface area contributed by atoms with Gasteiger partial charge in [-0.2, -0.15) is 9.78 Å². The van der Waals surface area contributed by atoms with Gasteiger partial charge in [-0.05, 0) is 42.0 Å². The molecule has 0 saturated heterocycles. The first-order valence-electron chi connectivity index (χ1n) is 6.22. The summed E-state index contributed by atoms with van der Waals surface area (Å²) in [5.74, 6) is 0.134. The fourth-order valence-corrected chi connectivity index (χ4v) is 2.23. The molecule has 2 aromatic carbocycles. The molecule has 1 heterocycles. The van der Waals surface area contributed by atoms with Gasteiger partial charge in [0.05, 0.1) is 17.1 Å². The number of H-pyrrole nitrogens is 1. The molecule has 0 saturated carbocycles. The van der Waals surface area contributed by atoms with Crippen LogP contribution in [0.25, 0.3) is 10.9 Å². The van der Waals surface area contributed by atoms with Crippen molar-refractivity contribution < 1.29 is 5.11 Å². The Balaban J connectivity index is 2.13. The fraction of sp³-hybridized carbons (Fsp3) is 0. The zero-order valence-electron chi connectivity index (χ0n) is 10.9. The smallest absolute Gasteiger partial charge is 0.282 e. The van der Waals surface area contributed by atoms with Crippen molar-refractivity contribution in [3.05, 3.63) is 69.2 Å². The van der Waals surface area contributed by atoms with Crippen LogP contribution < -0.4 is 5.56 Å². The van der Waals surface area contributed by atoms with Crippen LogP contribution in [0.15, 0.2) is 58.4 Å². The highest BCUT2D eigenvalue weighted by atomic mass is 32.1. The molecule has 3 aromatic rings. The van der Waals surface area contributed by atoms with Crippen LogP contribution in [0.2, 0.25) is 0 Å². The van der Waals surface area contributed by atoms with E-state index in [-0.39, 0.29) is 16.1 Å². The maximum absolute atomic E-state index is 12.4. The number of nitrogens with one attached hydrogen (secondary N) is 1. The third-order valence-corrected chi connectivity index (χ3v) is 3.25. The largest absolute Gasteiger partial charge is 0.508 e. The highest BCUT2D eigenvalue weighted by Gasteiger charge is 2.03. The van der Waals surface area contributed by atoms with E-state index in [1.165, 1.54) is 6.21 Å². The Labute approximate surface area is 124 Å². The summed E-state index contributed by atoms with van der Waals surface area (Å²) < 4.78 is 1.34. The highest BCUT2D eigenvalue weighted by molar-refractivity contribution is 7.71. The third-order valence-electron chi connectivity index (χ3n) is 2.98. The summed E-state index contributed by atoms with van der Waals surface area (Å²) in [6.07, 6.45) is 1.47. The van der Waals surface area contributed by atoms with Gasteiger partial charge in [-0.25, -0.2) is 0 Å². The van der Waals surface area contributed by atoms with Crippen LogP contribution in [-0.4, -0.2) is 21.0 Å². The first kappa shape index (κ1) is 13.3. The average molecular weight is 297 g/mol. The van der Waals surface area contributed by atoms with Crippen LogP contribution in [0.4, 0.5) is 0 Å². The predicted molar refractivity (Wildman–Crippen MR) is 84.5 cm³/mol. The van der Waals surface area contributed by atoms with Crippen LogP contribution in [0, 0.1) is 4.77 Å². The number of hydrogen-bond donors (Lipinski definition) is 2. The van der Waals surface area contributed by atoms with E-state index in [1.807, 2.05) is 6.07 Å². The number of phenolic OH excluding ortho intramolecular Hbond substituents is 1. The molecule has 6 heteroatoms. The maximum Gasteiger partial charge on any atom is 0.282 e. The fourth-order valence-electron chi connectivity index (χ4n) is 1.99. The number of fused-ring (bicyclic) bond motifs is 1. The molecule has 0 bridgehead atoms. The van der Waals surface area contributed by atoms with Crippen LogP contribution in [0.3, 0.4) is 0 Å². The number of rotatable bonds is 2. The number of para-hydroxylation sites is 1. The summed E-state index contributed by atoms with van der Waals surface area (Å²) in [6.45, 7) is 0. The number of phenols is 1. The molecule has 0 radical (unpaired) electrons. The zero-order chi connectivity index (χ0) is 14.8. The van der Waals surface area contributed by atoms with Gasteiger partial charge in [0.15, 0.2) is 0 Å². The topological polar surface area (TPSA) is 70.4 Å². The highest BCUT2D eigenvalue weighted by Crippen LogP contribution is 2.09. The average Bonchev–Trinajstić information content (AvgIpc) is 2.47. The third kappa shape index (κ3) is 2.61. The minimum atomic E-state index is -0.286. The quantitative estimate of drug-likeness (QED) is 0.564. The summed E-state index contributed by atoms with van der Waals surface area (Å²) in [5.41, 5.74) is 1.06. The van der Waals surface area contributed by atoms with E-state index in [0.717, 1.165) is 4.68 Å². The molecule has 0 aliphatic rings. The van der Waals surface area contributed by atoms with Crippen LogP contribution >= 0.6 is 12.2 Å². The Morgan fingerprint density at radius 1 is 1.19 bits per heavy atom. The molecule has 5 nitrogen and oxygen atoms in total. The lowest BCUT2D eigenvalue weighted by Gasteiger charge is -2.02. The molecule has 0 spiro atoms. The Bertz CT molecular complexity index is 957. The summed E-state index contributed by atoms with van der Waals surface area (Å²) in [4.78, 5) is 15.3. The summed E-state index contributed by atoms with van der Waals surface area (Å²) >= 11 is 5.15. The SMILES string of the molecule is O=c1c2ccccc2[nH]c(=S)n1/N=C/c1cccc(O)c1. The second-order valence-electron chi connectivity index (χ2n) is 4.43. The van der Waals surface area contributed by atoms with Crippen molar-refractivity contribution in [1.82, 2.24) is 9.66 Å². The van der Waals surface area contributed by atoms with Crippen molar-refractivity contribution in [2.24, 2.45) is 5.10 Å². The second-order valence-corrected chi connectivity index (χ2v) is 4.82. The van der Waals surface area contributed by atoms with Gasteiger partial charge in [0.2, 0.25) is 4.77 Å². The number of aromatic amines is 1. The monoisotopic (exact) mass is 297 g/mol. The lowest BCUT2D eigenvalue weighted by atomic mass is 10.2. The summed E-state index contributed by atoms with van der Waals surface area (Å²) in [5, 5.41) is 14.0. The van der Waals surface area contributed by atoms with Crippen molar-refractivity contribution in [3.63, 3.8) is 0 Å². The summed E-state index contributed by atoms with van der Waals surface area (Å²) in [7, 11) is 0. The molecule has 0 unspecified atom stereocenters. The van der Waals surface area contributed by atoms with Crippen molar-refractivity contribution in [2.75, 3.05) is 0 Å². The van der Waals surface area contributed by atoms with Gasteiger partial charge in [0.25, 0.3) is 5.56 Å². The maximum atomic E-state index is 12.4. The van der Waals surface area contributed by atoms with Crippen LogP contribution in [-0.2, 0) is 0 Å². The lowest BCUT2D eigenvalue weighted by molar-refractivity contribution is 0.475.